The Balaban J connectivity index is 2.11. The van der Waals surface area contributed by atoms with E-state index in [2.05, 4.69) is 10.0 Å². The Morgan fingerprint density at radius 2 is 1.57 bits per heavy atom. The van der Waals surface area contributed by atoms with Crippen LogP contribution in [0, 0.1) is 13.8 Å². The second-order valence-electron chi connectivity index (χ2n) is 6.11. The molecule has 1 amide bonds. The fourth-order valence-electron chi connectivity index (χ4n) is 2.64. The summed E-state index contributed by atoms with van der Waals surface area (Å²) in [5.74, 6) is 0.361. The van der Waals surface area contributed by atoms with E-state index in [9.17, 15) is 13.2 Å². The average Bonchev–Trinajstić information content (AvgIpc) is 2.65. The van der Waals surface area contributed by atoms with Crippen molar-refractivity contribution in [2.24, 2.45) is 0 Å². The van der Waals surface area contributed by atoms with Gasteiger partial charge in [0.2, 0.25) is 15.9 Å². The zero-order valence-corrected chi connectivity index (χ0v) is 17.4. The molecule has 2 aromatic carbocycles. The molecule has 0 aliphatic carbocycles. The molecule has 0 fully saturated rings. The van der Waals surface area contributed by atoms with Gasteiger partial charge in [0.05, 0.1) is 24.7 Å². The van der Waals surface area contributed by atoms with Crippen molar-refractivity contribution < 1.29 is 22.7 Å². The molecule has 7 nitrogen and oxygen atoms in total. The Hall–Kier alpha value is -2.58. The number of carbonyl (C=O) groups excluding carboxylic acids is 1. The van der Waals surface area contributed by atoms with E-state index in [0.717, 1.165) is 11.1 Å². The number of sulfonamides is 1. The van der Waals surface area contributed by atoms with Crippen LogP contribution in [0.5, 0.6) is 11.5 Å². The highest BCUT2D eigenvalue weighted by Crippen LogP contribution is 2.30. The van der Waals surface area contributed by atoms with Crippen molar-refractivity contribution in [3.05, 3.63) is 47.5 Å². The Morgan fingerprint density at radius 1 is 0.964 bits per heavy atom. The van der Waals surface area contributed by atoms with Gasteiger partial charge in [-0.1, -0.05) is 18.2 Å². The molecule has 2 aromatic rings. The van der Waals surface area contributed by atoms with Crippen molar-refractivity contribution in [1.82, 2.24) is 4.72 Å². The van der Waals surface area contributed by atoms with Crippen molar-refractivity contribution >= 4 is 21.6 Å². The maximum Gasteiger partial charge on any atom is 0.241 e. The van der Waals surface area contributed by atoms with Crippen molar-refractivity contribution in [2.45, 2.75) is 32.6 Å². The minimum absolute atomic E-state index is 0.000671. The molecule has 0 aliphatic heterocycles. The molecule has 0 bridgehead atoms. The summed E-state index contributed by atoms with van der Waals surface area (Å²) in [6, 6.07) is 9.99. The lowest BCUT2D eigenvalue weighted by molar-refractivity contribution is -0.115. The molecule has 0 saturated heterocycles. The molecule has 0 aliphatic rings. The van der Waals surface area contributed by atoms with Crippen LogP contribution in [0.25, 0.3) is 0 Å². The van der Waals surface area contributed by atoms with Gasteiger partial charge in [-0.05, 0) is 51.0 Å². The summed E-state index contributed by atoms with van der Waals surface area (Å²) in [7, 11) is -3.89. The number of nitrogens with one attached hydrogen (secondary N) is 2. The molecule has 0 spiro atoms. The Labute approximate surface area is 166 Å². The molecule has 8 heteroatoms. The van der Waals surface area contributed by atoms with E-state index in [1.54, 1.807) is 13.0 Å². The zero-order valence-electron chi connectivity index (χ0n) is 16.5. The van der Waals surface area contributed by atoms with Gasteiger partial charge in [0.15, 0.2) is 11.5 Å². The topological polar surface area (TPSA) is 93.7 Å². The maximum atomic E-state index is 12.6. The molecule has 152 valence electrons. The molecular weight excluding hydrogens is 380 g/mol. The van der Waals surface area contributed by atoms with Gasteiger partial charge in [-0.25, -0.2) is 13.1 Å². The predicted molar refractivity (Wildman–Crippen MR) is 109 cm³/mol. The number of amides is 1. The van der Waals surface area contributed by atoms with Crippen LogP contribution in [-0.2, 0) is 14.8 Å². The third-order valence-corrected chi connectivity index (χ3v) is 5.39. The molecule has 0 aromatic heterocycles. The van der Waals surface area contributed by atoms with Crippen molar-refractivity contribution in [3.8, 4) is 11.5 Å². The molecule has 2 rings (SSSR count). The van der Waals surface area contributed by atoms with Crippen LogP contribution in [0.15, 0.2) is 41.3 Å². The first-order chi connectivity index (χ1) is 13.3. The van der Waals surface area contributed by atoms with Crippen molar-refractivity contribution in [2.75, 3.05) is 25.1 Å². The summed E-state index contributed by atoms with van der Waals surface area (Å²) in [5.41, 5.74) is 2.50. The first-order valence-electron chi connectivity index (χ1n) is 9.03. The van der Waals surface area contributed by atoms with E-state index < -0.39 is 15.9 Å². The highest BCUT2D eigenvalue weighted by Gasteiger charge is 2.19. The SMILES string of the molecule is CCOc1ccc(S(=O)(=O)NCC(=O)Nc2c(C)cccc2C)cc1OCC. The summed E-state index contributed by atoms with van der Waals surface area (Å²) in [5, 5.41) is 2.75. The second kappa shape index (κ2) is 9.57. The zero-order chi connectivity index (χ0) is 20.7. The first kappa shape index (κ1) is 21.7. The molecule has 28 heavy (non-hydrogen) atoms. The average molecular weight is 407 g/mol. The van der Waals surface area contributed by atoms with Gasteiger partial charge in [-0.2, -0.15) is 0 Å². The highest BCUT2D eigenvalue weighted by atomic mass is 32.2. The largest absolute Gasteiger partial charge is 0.490 e. The molecular formula is C20H26N2O5S. The van der Waals surface area contributed by atoms with E-state index in [-0.39, 0.29) is 11.4 Å². The minimum atomic E-state index is -3.89. The van der Waals surface area contributed by atoms with Crippen LogP contribution in [0.4, 0.5) is 5.69 Å². The normalized spacial score (nSPS) is 11.1. The minimum Gasteiger partial charge on any atom is -0.490 e. The van der Waals surface area contributed by atoms with Crippen molar-refractivity contribution in [1.29, 1.82) is 0 Å². The molecule has 0 saturated carbocycles. The summed E-state index contributed by atoms with van der Waals surface area (Å²) >= 11 is 0. The van der Waals surface area contributed by atoms with E-state index in [1.807, 2.05) is 39.0 Å². The smallest absolute Gasteiger partial charge is 0.241 e. The third-order valence-electron chi connectivity index (χ3n) is 3.99. The number of para-hydroxylation sites is 1. The number of benzene rings is 2. The summed E-state index contributed by atoms with van der Waals surface area (Å²) in [6.45, 7) is 7.80. The monoisotopic (exact) mass is 406 g/mol. The first-order valence-corrected chi connectivity index (χ1v) is 10.5. The number of carbonyl (C=O) groups is 1. The fraction of sp³-hybridized carbons (Fsp3) is 0.350. The number of aryl methyl sites for hydroxylation is 2. The molecule has 2 N–H and O–H groups in total. The van der Waals surface area contributed by atoms with E-state index in [4.69, 9.17) is 9.47 Å². The highest BCUT2D eigenvalue weighted by molar-refractivity contribution is 7.89. The van der Waals surface area contributed by atoms with Crippen LogP contribution in [0.3, 0.4) is 0 Å². The van der Waals surface area contributed by atoms with Gasteiger partial charge >= 0.3 is 0 Å². The Morgan fingerprint density at radius 3 is 2.18 bits per heavy atom. The standard InChI is InChI=1S/C20H26N2O5S/c1-5-26-17-11-10-16(12-18(17)27-6-2)28(24,25)21-13-19(23)22-20-14(3)8-7-9-15(20)4/h7-12,21H,5-6,13H2,1-4H3,(H,22,23). The predicted octanol–water partition coefficient (Wildman–Crippen LogP) is 3.02. The van der Waals surface area contributed by atoms with Crippen LogP contribution in [-0.4, -0.2) is 34.1 Å². The van der Waals surface area contributed by atoms with Crippen LogP contribution in [0.1, 0.15) is 25.0 Å². The fourth-order valence-corrected chi connectivity index (χ4v) is 3.63. The van der Waals surface area contributed by atoms with Gasteiger partial charge in [0.25, 0.3) is 0 Å². The molecule has 0 heterocycles. The van der Waals surface area contributed by atoms with Crippen molar-refractivity contribution in [3.63, 3.8) is 0 Å². The van der Waals surface area contributed by atoms with Crippen LogP contribution >= 0.6 is 0 Å². The van der Waals surface area contributed by atoms with E-state index in [1.165, 1.54) is 12.1 Å². The van der Waals surface area contributed by atoms with Gasteiger partial charge in [-0.3, -0.25) is 4.79 Å². The lowest BCUT2D eigenvalue weighted by Crippen LogP contribution is -2.33. The third kappa shape index (κ3) is 5.46. The van der Waals surface area contributed by atoms with Gasteiger partial charge in [-0.15, -0.1) is 0 Å². The van der Waals surface area contributed by atoms with Crippen LogP contribution < -0.4 is 19.5 Å². The molecule has 0 unspecified atom stereocenters. The lowest BCUT2D eigenvalue weighted by atomic mass is 10.1. The lowest BCUT2D eigenvalue weighted by Gasteiger charge is -2.14. The summed E-state index contributed by atoms with van der Waals surface area (Å²) < 4.78 is 38.3. The van der Waals surface area contributed by atoms with E-state index in [0.29, 0.717) is 30.4 Å². The number of hydrogen-bond acceptors (Lipinski definition) is 5. The number of rotatable bonds is 9. The van der Waals surface area contributed by atoms with Gasteiger partial charge in [0.1, 0.15) is 0 Å². The summed E-state index contributed by atoms with van der Waals surface area (Å²) in [4.78, 5) is 12.2. The number of ether oxygens (including phenoxy) is 2. The number of hydrogen-bond donors (Lipinski definition) is 2. The van der Waals surface area contributed by atoms with Gasteiger partial charge in [0, 0.05) is 11.8 Å². The second-order valence-corrected chi connectivity index (χ2v) is 7.88. The van der Waals surface area contributed by atoms with E-state index >= 15 is 0 Å². The number of anilines is 1. The Kier molecular flexibility index (Phi) is 7.42. The molecule has 0 radical (unpaired) electrons. The summed E-state index contributed by atoms with van der Waals surface area (Å²) in [6.07, 6.45) is 0. The van der Waals surface area contributed by atoms with Crippen LogP contribution in [0.2, 0.25) is 0 Å². The maximum absolute atomic E-state index is 12.6. The quantitative estimate of drug-likeness (QED) is 0.668. The molecule has 0 atom stereocenters. The van der Waals surface area contributed by atoms with Gasteiger partial charge < -0.3 is 14.8 Å². The Bertz CT molecular complexity index is 921.